The van der Waals surface area contributed by atoms with Gasteiger partial charge in [0, 0.05) is 47.8 Å². The van der Waals surface area contributed by atoms with Crippen molar-refractivity contribution in [2.75, 3.05) is 12.4 Å². The van der Waals surface area contributed by atoms with Crippen molar-refractivity contribution in [1.82, 2.24) is 14.9 Å². The molecule has 3 heterocycles. The zero-order valence-electron chi connectivity index (χ0n) is 15.7. The molecular formula is C21H20N4O2S. The quantitative estimate of drug-likeness (QED) is 0.508. The number of carbonyl (C=O) groups excluding carboxylic acids is 1. The molecule has 0 unspecified atom stereocenters. The highest BCUT2D eigenvalue weighted by molar-refractivity contribution is 7.14. The lowest BCUT2D eigenvalue weighted by Gasteiger charge is -2.17. The standard InChI is InChI=1S/C21H20N4O2S/c1-3-18-16(15-8-4-5-9-19(15)27-18)12-25(2)21(26)24-20-23-17(13-28-20)14-7-6-10-22-11-14/h4-11,13H,3,12H2,1-2H3,(H,23,24,26). The molecule has 0 saturated heterocycles. The van der Waals surface area contributed by atoms with Gasteiger partial charge in [0.25, 0.3) is 0 Å². The first-order valence-electron chi connectivity index (χ1n) is 9.03. The fraction of sp³-hybridized carbons (Fsp3) is 0.190. The van der Waals surface area contributed by atoms with Gasteiger partial charge in [0.2, 0.25) is 0 Å². The molecule has 4 aromatic rings. The van der Waals surface area contributed by atoms with E-state index in [0.717, 1.165) is 40.0 Å². The summed E-state index contributed by atoms with van der Waals surface area (Å²) in [6.07, 6.45) is 4.25. The first-order chi connectivity index (χ1) is 13.7. The van der Waals surface area contributed by atoms with E-state index < -0.39 is 0 Å². The molecule has 0 spiro atoms. The number of anilines is 1. The maximum absolute atomic E-state index is 12.7. The van der Waals surface area contributed by atoms with Gasteiger partial charge in [0.1, 0.15) is 11.3 Å². The molecule has 7 heteroatoms. The van der Waals surface area contributed by atoms with Gasteiger partial charge in [-0.15, -0.1) is 11.3 Å². The number of aromatic nitrogens is 2. The van der Waals surface area contributed by atoms with Crippen LogP contribution in [0.1, 0.15) is 18.2 Å². The summed E-state index contributed by atoms with van der Waals surface area (Å²) in [5.41, 5.74) is 3.62. The predicted molar refractivity (Wildman–Crippen MR) is 111 cm³/mol. The molecule has 28 heavy (non-hydrogen) atoms. The topological polar surface area (TPSA) is 71.3 Å². The number of rotatable bonds is 5. The summed E-state index contributed by atoms with van der Waals surface area (Å²) in [7, 11) is 1.77. The van der Waals surface area contributed by atoms with E-state index in [0.29, 0.717) is 11.7 Å². The number of furan rings is 1. The van der Waals surface area contributed by atoms with Crippen LogP contribution in [0.5, 0.6) is 0 Å². The third-order valence-corrected chi connectivity index (χ3v) is 5.28. The molecule has 0 atom stereocenters. The molecule has 0 aliphatic carbocycles. The van der Waals surface area contributed by atoms with Crippen molar-refractivity contribution in [3.05, 3.63) is 65.5 Å². The number of thiazole rings is 1. The molecule has 1 N–H and O–H groups in total. The lowest BCUT2D eigenvalue weighted by atomic mass is 10.1. The molecule has 0 fully saturated rings. The predicted octanol–water partition coefficient (Wildman–Crippen LogP) is 5.18. The smallest absolute Gasteiger partial charge is 0.323 e. The van der Waals surface area contributed by atoms with Crippen LogP contribution in [0, 0.1) is 0 Å². The number of hydrogen-bond acceptors (Lipinski definition) is 5. The van der Waals surface area contributed by atoms with E-state index in [1.165, 1.54) is 11.3 Å². The van der Waals surface area contributed by atoms with Gasteiger partial charge in [-0.25, -0.2) is 9.78 Å². The fourth-order valence-electron chi connectivity index (χ4n) is 3.08. The number of carbonyl (C=O) groups is 1. The summed E-state index contributed by atoms with van der Waals surface area (Å²) in [6.45, 7) is 2.52. The summed E-state index contributed by atoms with van der Waals surface area (Å²) in [5.74, 6) is 0.911. The van der Waals surface area contributed by atoms with Gasteiger partial charge in [-0.2, -0.15) is 0 Å². The van der Waals surface area contributed by atoms with Crippen molar-refractivity contribution in [2.45, 2.75) is 19.9 Å². The minimum atomic E-state index is -0.209. The molecular weight excluding hydrogens is 372 g/mol. The maximum atomic E-state index is 12.7. The molecule has 2 amide bonds. The van der Waals surface area contributed by atoms with Crippen molar-refractivity contribution in [3.63, 3.8) is 0 Å². The number of para-hydroxylation sites is 1. The Morgan fingerprint density at radius 3 is 2.89 bits per heavy atom. The van der Waals surface area contributed by atoms with E-state index >= 15 is 0 Å². The van der Waals surface area contributed by atoms with Crippen LogP contribution < -0.4 is 5.32 Å². The number of amides is 2. The van der Waals surface area contributed by atoms with Crippen molar-refractivity contribution in [3.8, 4) is 11.3 Å². The van der Waals surface area contributed by atoms with Crippen LogP contribution in [-0.2, 0) is 13.0 Å². The number of aryl methyl sites for hydroxylation is 1. The monoisotopic (exact) mass is 392 g/mol. The number of hydrogen-bond donors (Lipinski definition) is 1. The van der Waals surface area contributed by atoms with Gasteiger partial charge in [-0.1, -0.05) is 25.1 Å². The number of nitrogens with one attached hydrogen (secondary N) is 1. The highest BCUT2D eigenvalue weighted by Gasteiger charge is 2.18. The van der Waals surface area contributed by atoms with Crippen LogP contribution in [0.4, 0.5) is 9.93 Å². The number of pyridine rings is 1. The van der Waals surface area contributed by atoms with Crippen molar-refractivity contribution < 1.29 is 9.21 Å². The molecule has 3 aromatic heterocycles. The van der Waals surface area contributed by atoms with Gasteiger partial charge < -0.3 is 9.32 Å². The first-order valence-corrected chi connectivity index (χ1v) is 9.91. The minimum absolute atomic E-state index is 0.209. The fourth-order valence-corrected chi connectivity index (χ4v) is 3.79. The average Bonchev–Trinajstić information content (AvgIpc) is 3.33. The Morgan fingerprint density at radius 1 is 1.25 bits per heavy atom. The molecule has 142 valence electrons. The zero-order chi connectivity index (χ0) is 19.5. The van der Waals surface area contributed by atoms with Gasteiger partial charge in [-0.05, 0) is 18.2 Å². The second-order valence-corrected chi connectivity index (χ2v) is 7.28. The Labute approximate surface area is 166 Å². The Morgan fingerprint density at radius 2 is 2.11 bits per heavy atom. The number of fused-ring (bicyclic) bond motifs is 1. The largest absolute Gasteiger partial charge is 0.461 e. The van der Waals surface area contributed by atoms with Gasteiger partial charge >= 0.3 is 6.03 Å². The summed E-state index contributed by atoms with van der Waals surface area (Å²) >= 11 is 1.39. The second kappa shape index (κ2) is 7.82. The number of urea groups is 1. The van der Waals surface area contributed by atoms with Crippen LogP contribution in [-0.4, -0.2) is 27.9 Å². The zero-order valence-corrected chi connectivity index (χ0v) is 16.5. The van der Waals surface area contributed by atoms with Gasteiger partial charge in [0.15, 0.2) is 5.13 Å². The normalized spacial score (nSPS) is 10.9. The molecule has 0 saturated carbocycles. The van der Waals surface area contributed by atoms with Crippen LogP contribution in [0.15, 0.2) is 58.6 Å². The molecule has 0 aliphatic rings. The van der Waals surface area contributed by atoms with E-state index in [4.69, 9.17) is 4.42 Å². The molecule has 0 radical (unpaired) electrons. The van der Waals surface area contributed by atoms with E-state index in [1.54, 1.807) is 24.3 Å². The summed E-state index contributed by atoms with van der Waals surface area (Å²) < 4.78 is 5.92. The molecule has 0 bridgehead atoms. The third kappa shape index (κ3) is 3.61. The van der Waals surface area contributed by atoms with E-state index in [1.807, 2.05) is 41.8 Å². The summed E-state index contributed by atoms with van der Waals surface area (Å²) in [4.78, 5) is 22.9. The molecule has 4 rings (SSSR count). The Balaban J connectivity index is 1.48. The summed E-state index contributed by atoms with van der Waals surface area (Å²) in [5, 5.41) is 6.39. The lowest BCUT2D eigenvalue weighted by molar-refractivity contribution is 0.220. The van der Waals surface area contributed by atoms with Crippen molar-refractivity contribution in [1.29, 1.82) is 0 Å². The number of nitrogens with zero attached hydrogens (tertiary/aromatic N) is 3. The van der Waals surface area contributed by atoms with Crippen LogP contribution in [0.25, 0.3) is 22.2 Å². The maximum Gasteiger partial charge on any atom is 0.323 e. The molecule has 0 aliphatic heterocycles. The SMILES string of the molecule is CCc1oc2ccccc2c1CN(C)C(=O)Nc1nc(-c2cccnc2)cs1. The Hall–Kier alpha value is -3.19. The van der Waals surface area contributed by atoms with Crippen LogP contribution in [0.3, 0.4) is 0 Å². The number of benzene rings is 1. The Kier molecular flexibility index (Phi) is 5.08. The lowest BCUT2D eigenvalue weighted by Crippen LogP contribution is -2.31. The molecule has 1 aromatic carbocycles. The highest BCUT2D eigenvalue weighted by Crippen LogP contribution is 2.28. The first kappa shape index (κ1) is 18.2. The van der Waals surface area contributed by atoms with Crippen LogP contribution in [0.2, 0.25) is 0 Å². The van der Waals surface area contributed by atoms with Gasteiger partial charge in [0.05, 0.1) is 12.2 Å². The average molecular weight is 392 g/mol. The van der Waals surface area contributed by atoms with Gasteiger partial charge in [-0.3, -0.25) is 10.3 Å². The molecule has 6 nitrogen and oxygen atoms in total. The highest BCUT2D eigenvalue weighted by atomic mass is 32.1. The summed E-state index contributed by atoms with van der Waals surface area (Å²) in [6, 6.07) is 11.5. The minimum Gasteiger partial charge on any atom is -0.461 e. The van der Waals surface area contributed by atoms with Crippen LogP contribution >= 0.6 is 11.3 Å². The van der Waals surface area contributed by atoms with E-state index in [9.17, 15) is 4.79 Å². The van der Waals surface area contributed by atoms with E-state index in [2.05, 4.69) is 22.2 Å². The third-order valence-electron chi connectivity index (χ3n) is 4.52. The van der Waals surface area contributed by atoms with E-state index in [-0.39, 0.29) is 6.03 Å². The van der Waals surface area contributed by atoms with Crippen molar-refractivity contribution >= 4 is 33.5 Å². The van der Waals surface area contributed by atoms with Crippen molar-refractivity contribution in [2.24, 2.45) is 0 Å². The Bertz CT molecular complexity index is 1100. The second-order valence-electron chi connectivity index (χ2n) is 6.42.